The van der Waals surface area contributed by atoms with Crippen LogP contribution < -0.4 is 0 Å². The first-order chi connectivity index (χ1) is 12.8. The third-order valence-corrected chi connectivity index (χ3v) is 4.72. The quantitative estimate of drug-likeness (QED) is 0.687. The van der Waals surface area contributed by atoms with Crippen LogP contribution in [0, 0.1) is 0 Å². The predicted octanol–water partition coefficient (Wildman–Crippen LogP) is 4.26. The van der Waals surface area contributed by atoms with Crippen molar-refractivity contribution in [3.05, 3.63) is 59.7 Å². The van der Waals surface area contributed by atoms with E-state index in [-0.39, 0.29) is 17.7 Å². The molecule has 1 saturated heterocycles. The highest BCUT2D eigenvalue weighted by Gasteiger charge is 2.34. The van der Waals surface area contributed by atoms with Crippen molar-refractivity contribution in [2.75, 3.05) is 6.54 Å². The second kappa shape index (κ2) is 7.15. The SMILES string of the molecule is CCCc1cc(C2CCCN2C(=O)c2cc(-c3ccccc3)no2)no1. The fraction of sp³-hybridized carbons (Fsp3) is 0.350. The monoisotopic (exact) mass is 351 g/mol. The molecule has 0 N–H and O–H groups in total. The van der Waals surface area contributed by atoms with Gasteiger partial charge in [0.2, 0.25) is 5.76 Å². The molecule has 0 saturated carbocycles. The van der Waals surface area contributed by atoms with Crippen LogP contribution in [0.3, 0.4) is 0 Å². The lowest BCUT2D eigenvalue weighted by molar-refractivity contribution is 0.0688. The molecule has 6 heteroatoms. The van der Waals surface area contributed by atoms with Crippen LogP contribution in [0.15, 0.2) is 51.5 Å². The molecule has 1 atom stereocenters. The zero-order valence-corrected chi connectivity index (χ0v) is 14.7. The smallest absolute Gasteiger partial charge is 0.293 e. The van der Waals surface area contributed by atoms with Crippen LogP contribution in [0.25, 0.3) is 11.3 Å². The Kier molecular flexibility index (Phi) is 4.56. The average Bonchev–Trinajstić information content (AvgIpc) is 3.42. The number of carbonyl (C=O) groups excluding carboxylic acids is 1. The first kappa shape index (κ1) is 16.6. The first-order valence-electron chi connectivity index (χ1n) is 9.05. The van der Waals surface area contributed by atoms with Crippen LogP contribution in [0.4, 0.5) is 0 Å². The van der Waals surface area contributed by atoms with E-state index < -0.39 is 0 Å². The fourth-order valence-electron chi connectivity index (χ4n) is 3.43. The fourth-order valence-corrected chi connectivity index (χ4v) is 3.43. The zero-order valence-electron chi connectivity index (χ0n) is 14.7. The molecule has 1 aromatic carbocycles. The maximum Gasteiger partial charge on any atom is 0.293 e. The molecule has 3 heterocycles. The third-order valence-electron chi connectivity index (χ3n) is 4.72. The van der Waals surface area contributed by atoms with Crippen molar-refractivity contribution in [1.29, 1.82) is 0 Å². The lowest BCUT2D eigenvalue weighted by atomic mass is 10.1. The van der Waals surface area contributed by atoms with Crippen molar-refractivity contribution in [2.45, 2.75) is 38.6 Å². The minimum absolute atomic E-state index is 0.0675. The minimum atomic E-state index is -0.151. The van der Waals surface area contributed by atoms with Gasteiger partial charge < -0.3 is 13.9 Å². The second-order valence-electron chi connectivity index (χ2n) is 6.57. The Morgan fingerprint density at radius 3 is 2.85 bits per heavy atom. The Balaban J connectivity index is 1.54. The van der Waals surface area contributed by atoms with Crippen molar-refractivity contribution >= 4 is 5.91 Å². The Bertz CT molecular complexity index is 885. The van der Waals surface area contributed by atoms with Gasteiger partial charge in [-0.15, -0.1) is 0 Å². The highest BCUT2D eigenvalue weighted by Crippen LogP contribution is 2.33. The molecule has 1 amide bonds. The molecule has 0 radical (unpaired) electrons. The molecule has 2 aromatic heterocycles. The van der Waals surface area contributed by atoms with Gasteiger partial charge in [-0.1, -0.05) is 47.6 Å². The number of aryl methyl sites for hydroxylation is 1. The zero-order chi connectivity index (χ0) is 17.9. The number of likely N-dealkylation sites (tertiary alicyclic amines) is 1. The number of rotatable bonds is 5. The lowest BCUT2D eigenvalue weighted by Gasteiger charge is -2.21. The Morgan fingerprint density at radius 2 is 2.04 bits per heavy atom. The molecule has 134 valence electrons. The van der Waals surface area contributed by atoms with E-state index in [0.29, 0.717) is 12.2 Å². The van der Waals surface area contributed by atoms with Crippen LogP contribution >= 0.6 is 0 Å². The number of hydrogen-bond donors (Lipinski definition) is 0. The topological polar surface area (TPSA) is 72.4 Å². The number of carbonyl (C=O) groups is 1. The molecule has 1 fully saturated rings. The molecule has 0 spiro atoms. The van der Waals surface area contributed by atoms with Gasteiger partial charge in [-0.3, -0.25) is 4.79 Å². The van der Waals surface area contributed by atoms with Crippen LogP contribution in [0.2, 0.25) is 0 Å². The van der Waals surface area contributed by atoms with Gasteiger partial charge in [-0.25, -0.2) is 0 Å². The van der Waals surface area contributed by atoms with Gasteiger partial charge in [0.15, 0.2) is 0 Å². The van der Waals surface area contributed by atoms with E-state index in [4.69, 9.17) is 9.05 Å². The molecule has 4 rings (SSSR count). The minimum Gasteiger partial charge on any atom is -0.361 e. The predicted molar refractivity (Wildman–Crippen MR) is 95.4 cm³/mol. The number of aromatic nitrogens is 2. The summed E-state index contributed by atoms with van der Waals surface area (Å²) < 4.78 is 10.7. The van der Waals surface area contributed by atoms with Crippen LogP contribution in [-0.4, -0.2) is 27.7 Å². The van der Waals surface area contributed by atoms with Crippen molar-refractivity contribution in [3.63, 3.8) is 0 Å². The van der Waals surface area contributed by atoms with E-state index in [9.17, 15) is 4.79 Å². The molecule has 1 aliphatic heterocycles. The van der Waals surface area contributed by atoms with E-state index in [0.717, 1.165) is 42.7 Å². The summed E-state index contributed by atoms with van der Waals surface area (Å²) in [5.41, 5.74) is 2.41. The summed E-state index contributed by atoms with van der Waals surface area (Å²) in [6.45, 7) is 2.78. The van der Waals surface area contributed by atoms with E-state index in [1.54, 1.807) is 6.07 Å². The largest absolute Gasteiger partial charge is 0.361 e. The summed E-state index contributed by atoms with van der Waals surface area (Å²) in [6.07, 6.45) is 3.67. The van der Waals surface area contributed by atoms with Gasteiger partial charge in [0.05, 0.1) is 6.04 Å². The molecule has 3 aromatic rings. The van der Waals surface area contributed by atoms with Gasteiger partial charge in [0, 0.05) is 30.7 Å². The maximum absolute atomic E-state index is 12.9. The molecular formula is C20H21N3O3. The Morgan fingerprint density at radius 1 is 1.19 bits per heavy atom. The summed E-state index contributed by atoms with van der Waals surface area (Å²) >= 11 is 0. The summed E-state index contributed by atoms with van der Waals surface area (Å²) in [4.78, 5) is 14.8. The molecule has 0 bridgehead atoms. The van der Waals surface area contributed by atoms with Gasteiger partial charge in [0.25, 0.3) is 5.91 Å². The Labute approximate surface area is 151 Å². The van der Waals surface area contributed by atoms with Crippen LogP contribution in [-0.2, 0) is 6.42 Å². The Hall–Kier alpha value is -2.89. The van der Waals surface area contributed by atoms with Crippen LogP contribution in [0.5, 0.6) is 0 Å². The van der Waals surface area contributed by atoms with Crippen molar-refractivity contribution in [1.82, 2.24) is 15.2 Å². The third kappa shape index (κ3) is 3.14. The van der Waals surface area contributed by atoms with Gasteiger partial charge in [-0.2, -0.15) is 0 Å². The lowest BCUT2D eigenvalue weighted by Crippen LogP contribution is -2.30. The molecular weight excluding hydrogens is 330 g/mol. The van der Waals surface area contributed by atoms with E-state index in [1.807, 2.05) is 41.3 Å². The normalized spacial score (nSPS) is 17.0. The number of nitrogens with zero attached hydrogens (tertiary/aromatic N) is 3. The van der Waals surface area contributed by atoms with Gasteiger partial charge >= 0.3 is 0 Å². The average molecular weight is 351 g/mol. The molecule has 1 unspecified atom stereocenters. The van der Waals surface area contributed by atoms with Gasteiger partial charge in [0.1, 0.15) is 17.1 Å². The molecule has 26 heavy (non-hydrogen) atoms. The highest BCUT2D eigenvalue weighted by atomic mass is 16.5. The van der Waals surface area contributed by atoms with Crippen molar-refractivity contribution in [2.24, 2.45) is 0 Å². The maximum atomic E-state index is 12.9. The van der Waals surface area contributed by atoms with E-state index in [1.165, 1.54) is 0 Å². The molecule has 0 aliphatic carbocycles. The standard InChI is InChI=1S/C20H21N3O3/c1-2-7-15-12-17(22-25-15)18-10-6-11-23(18)20(24)19-13-16(21-26-19)14-8-4-3-5-9-14/h3-5,8-9,12-13,18H,2,6-7,10-11H2,1H3. The van der Waals surface area contributed by atoms with Gasteiger partial charge in [-0.05, 0) is 19.3 Å². The van der Waals surface area contributed by atoms with E-state index in [2.05, 4.69) is 17.2 Å². The number of benzene rings is 1. The summed E-state index contributed by atoms with van der Waals surface area (Å²) in [5.74, 6) is 0.975. The summed E-state index contributed by atoms with van der Waals surface area (Å²) in [6, 6.07) is 13.3. The number of hydrogen-bond acceptors (Lipinski definition) is 5. The number of amides is 1. The first-order valence-corrected chi connectivity index (χ1v) is 9.05. The highest BCUT2D eigenvalue weighted by molar-refractivity contribution is 5.92. The molecule has 1 aliphatic rings. The second-order valence-corrected chi connectivity index (χ2v) is 6.57. The van der Waals surface area contributed by atoms with Crippen molar-refractivity contribution in [3.8, 4) is 11.3 Å². The van der Waals surface area contributed by atoms with Crippen LogP contribution in [0.1, 0.15) is 54.2 Å². The van der Waals surface area contributed by atoms with E-state index >= 15 is 0 Å². The molecule has 6 nitrogen and oxygen atoms in total. The summed E-state index contributed by atoms with van der Waals surface area (Å²) in [5, 5.41) is 8.23. The summed E-state index contributed by atoms with van der Waals surface area (Å²) in [7, 11) is 0. The van der Waals surface area contributed by atoms with Crippen molar-refractivity contribution < 1.29 is 13.8 Å².